The average molecular weight is 290 g/mol. The quantitative estimate of drug-likeness (QED) is 0.905. The first-order valence-corrected chi connectivity index (χ1v) is 6.91. The number of nitrogens with zero attached hydrogens (tertiary/aromatic N) is 1. The fraction of sp³-hybridized carbons (Fsp3) is 0.636. The number of thiophene rings is 1. The molecule has 1 atom stereocenters. The summed E-state index contributed by atoms with van der Waals surface area (Å²) < 4.78 is 1.19. The van der Waals surface area contributed by atoms with Crippen LogP contribution in [0.25, 0.3) is 0 Å². The Morgan fingerprint density at radius 1 is 1.67 bits per heavy atom. The molecule has 0 amide bonds. The van der Waals surface area contributed by atoms with E-state index < -0.39 is 5.60 Å². The van der Waals surface area contributed by atoms with Crippen molar-refractivity contribution in [2.45, 2.75) is 31.9 Å². The number of hydrogen-bond acceptors (Lipinski definition) is 3. The average Bonchev–Trinajstić information content (AvgIpc) is 2.50. The summed E-state index contributed by atoms with van der Waals surface area (Å²) >= 11 is 5.32. The minimum Gasteiger partial charge on any atom is -0.389 e. The molecule has 0 spiro atoms. The summed E-state index contributed by atoms with van der Waals surface area (Å²) in [5, 5.41) is 12.1. The fourth-order valence-corrected chi connectivity index (χ4v) is 3.62. The maximum atomic E-state index is 9.99. The molecule has 1 aliphatic heterocycles. The van der Waals surface area contributed by atoms with E-state index in [1.807, 2.05) is 6.92 Å². The van der Waals surface area contributed by atoms with Crippen LogP contribution in [0.2, 0.25) is 0 Å². The van der Waals surface area contributed by atoms with Crippen molar-refractivity contribution in [2.24, 2.45) is 0 Å². The number of hydrogen-bond donors (Lipinski definition) is 1. The van der Waals surface area contributed by atoms with Gasteiger partial charge in [-0.2, -0.15) is 0 Å². The number of β-amino-alcohol motifs (C(OH)–C–C–N with tert-alkyl or cyclic N) is 1. The lowest BCUT2D eigenvalue weighted by Gasteiger charge is -2.36. The minimum absolute atomic E-state index is 0.498. The van der Waals surface area contributed by atoms with Crippen LogP contribution < -0.4 is 0 Å². The van der Waals surface area contributed by atoms with Crippen molar-refractivity contribution < 1.29 is 5.11 Å². The molecule has 1 N–H and O–H groups in total. The monoisotopic (exact) mass is 289 g/mol. The number of halogens is 1. The van der Waals surface area contributed by atoms with Crippen LogP contribution in [0.5, 0.6) is 0 Å². The van der Waals surface area contributed by atoms with Gasteiger partial charge in [-0.3, -0.25) is 4.90 Å². The first-order valence-electron chi connectivity index (χ1n) is 5.23. The second-order valence-corrected chi connectivity index (χ2v) is 6.36. The van der Waals surface area contributed by atoms with Crippen molar-refractivity contribution in [3.8, 4) is 0 Å². The molecular formula is C11H16BrNOS. The highest BCUT2D eigenvalue weighted by Crippen LogP contribution is 2.27. The molecular weight excluding hydrogens is 274 g/mol. The molecule has 1 aliphatic rings. The third-order valence-electron chi connectivity index (χ3n) is 2.81. The molecule has 0 aliphatic carbocycles. The van der Waals surface area contributed by atoms with E-state index in [1.54, 1.807) is 11.3 Å². The molecule has 1 aromatic rings. The Morgan fingerprint density at radius 3 is 3.07 bits per heavy atom. The number of aliphatic hydroxyl groups is 1. The van der Waals surface area contributed by atoms with Gasteiger partial charge < -0.3 is 5.11 Å². The second kappa shape index (κ2) is 4.53. The molecule has 0 saturated carbocycles. The summed E-state index contributed by atoms with van der Waals surface area (Å²) in [7, 11) is 0. The van der Waals surface area contributed by atoms with Gasteiger partial charge in [0.2, 0.25) is 0 Å². The van der Waals surface area contributed by atoms with Crippen molar-refractivity contribution in [2.75, 3.05) is 13.1 Å². The zero-order valence-electron chi connectivity index (χ0n) is 8.87. The lowest BCUT2D eigenvalue weighted by molar-refractivity contribution is -0.0179. The van der Waals surface area contributed by atoms with E-state index >= 15 is 0 Å². The summed E-state index contributed by atoms with van der Waals surface area (Å²) in [4.78, 5) is 3.69. The number of rotatable bonds is 2. The highest BCUT2D eigenvalue weighted by molar-refractivity contribution is 9.10. The van der Waals surface area contributed by atoms with E-state index in [4.69, 9.17) is 0 Å². The van der Waals surface area contributed by atoms with Crippen molar-refractivity contribution >= 4 is 27.3 Å². The maximum absolute atomic E-state index is 9.99. The molecule has 1 aromatic heterocycles. The van der Waals surface area contributed by atoms with Crippen LogP contribution >= 0.6 is 27.3 Å². The van der Waals surface area contributed by atoms with Gasteiger partial charge in [-0.15, -0.1) is 11.3 Å². The smallest absolute Gasteiger partial charge is 0.0746 e. The molecule has 2 heterocycles. The standard InChI is InChI=1S/C11H16BrNOS/c1-11(14)4-2-5-13(8-11)7-10-9(12)3-6-15-10/h3,6,14H,2,4-5,7-8H2,1H3. The molecule has 4 heteroatoms. The van der Waals surface area contributed by atoms with Crippen molar-refractivity contribution in [1.29, 1.82) is 0 Å². The van der Waals surface area contributed by atoms with E-state index in [2.05, 4.69) is 32.3 Å². The summed E-state index contributed by atoms with van der Waals surface area (Å²) in [6.45, 7) is 4.77. The summed E-state index contributed by atoms with van der Waals surface area (Å²) in [6, 6.07) is 2.09. The van der Waals surface area contributed by atoms with Crippen LogP contribution in [0.1, 0.15) is 24.6 Å². The lowest BCUT2D eigenvalue weighted by atomic mass is 9.95. The molecule has 2 rings (SSSR count). The normalized spacial score (nSPS) is 28.2. The van der Waals surface area contributed by atoms with Gasteiger partial charge in [0.05, 0.1) is 5.60 Å². The van der Waals surface area contributed by atoms with E-state index in [0.29, 0.717) is 0 Å². The fourth-order valence-electron chi connectivity index (χ4n) is 2.10. The lowest BCUT2D eigenvalue weighted by Crippen LogP contribution is -2.45. The third kappa shape index (κ3) is 3.03. The summed E-state index contributed by atoms with van der Waals surface area (Å²) in [5.74, 6) is 0. The van der Waals surface area contributed by atoms with Crippen LogP contribution in [0, 0.1) is 0 Å². The molecule has 15 heavy (non-hydrogen) atoms. The zero-order chi connectivity index (χ0) is 10.9. The van der Waals surface area contributed by atoms with E-state index in [0.717, 1.165) is 32.5 Å². The molecule has 1 fully saturated rings. The Balaban J connectivity index is 1.98. The van der Waals surface area contributed by atoms with Gasteiger partial charge in [0.15, 0.2) is 0 Å². The second-order valence-electron chi connectivity index (χ2n) is 4.50. The van der Waals surface area contributed by atoms with Gasteiger partial charge in [-0.1, -0.05) is 0 Å². The molecule has 0 bridgehead atoms. The van der Waals surface area contributed by atoms with E-state index in [9.17, 15) is 5.11 Å². The molecule has 2 nitrogen and oxygen atoms in total. The van der Waals surface area contributed by atoms with Crippen molar-refractivity contribution in [1.82, 2.24) is 4.90 Å². The SMILES string of the molecule is CC1(O)CCCN(Cc2sccc2Br)C1. The largest absolute Gasteiger partial charge is 0.389 e. The highest BCUT2D eigenvalue weighted by atomic mass is 79.9. The number of piperidine rings is 1. The zero-order valence-corrected chi connectivity index (χ0v) is 11.3. The van der Waals surface area contributed by atoms with Gasteiger partial charge in [0, 0.05) is 22.4 Å². The van der Waals surface area contributed by atoms with Gasteiger partial charge in [-0.05, 0) is 53.7 Å². The van der Waals surface area contributed by atoms with Crippen LogP contribution in [-0.2, 0) is 6.54 Å². The Labute approximate surface area is 103 Å². The van der Waals surface area contributed by atoms with Gasteiger partial charge in [0.25, 0.3) is 0 Å². The third-order valence-corrected chi connectivity index (χ3v) is 4.72. The Hall–Kier alpha value is 0.100. The van der Waals surface area contributed by atoms with Gasteiger partial charge in [0.1, 0.15) is 0 Å². The molecule has 84 valence electrons. The van der Waals surface area contributed by atoms with Crippen LogP contribution in [-0.4, -0.2) is 28.7 Å². The minimum atomic E-state index is -0.498. The summed E-state index contributed by atoms with van der Waals surface area (Å²) in [5.41, 5.74) is -0.498. The van der Waals surface area contributed by atoms with Crippen molar-refractivity contribution in [3.05, 3.63) is 20.8 Å². The van der Waals surface area contributed by atoms with Crippen molar-refractivity contribution in [3.63, 3.8) is 0 Å². The van der Waals surface area contributed by atoms with Gasteiger partial charge in [-0.25, -0.2) is 0 Å². The topological polar surface area (TPSA) is 23.5 Å². The Kier molecular flexibility index (Phi) is 3.50. The van der Waals surface area contributed by atoms with Gasteiger partial charge >= 0.3 is 0 Å². The van der Waals surface area contributed by atoms with E-state index in [-0.39, 0.29) is 0 Å². The Bertz CT molecular complexity index is 337. The molecule has 1 unspecified atom stereocenters. The number of likely N-dealkylation sites (tertiary alicyclic amines) is 1. The predicted octanol–water partition coefficient (Wildman–Crippen LogP) is 2.86. The predicted molar refractivity (Wildman–Crippen MR) is 67.2 cm³/mol. The first kappa shape index (κ1) is 11.6. The van der Waals surface area contributed by atoms with Crippen LogP contribution in [0.15, 0.2) is 15.9 Å². The Morgan fingerprint density at radius 2 is 2.47 bits per heavy atom. The van der Waals surface area contributed by atoms with E-state index in [1.165, 1.54) is 9.35 Å². The van der Waals surface area contributed by atoms with Crippen LogP contribution in [0.4, 0.5) is 0 Å². The molecule has 0 aromatic carbocycles. The maximum Gasteiger partial charge on any atom is 0.0746 e. The molecule has 0 radical (unpaired) electrons. The highest BCUT2D eigenvalue weighted by Gasteiger charge is 2.28. The van der Waals surface area contributed by atoms with Crippen LogP contribution in [0.3, 0.4) is 0 Å². The first-order chi connectivity index (χ1) is 7.07. The molecule has 1 saturated heterocycles. The summed E-state index contributed by atoms with van der Waals surface area (Å²) in [6.07, 6.45) is 2.02.